The molecule has 0 aromatic heterocycles. The molecule has 1 saturated heterocycles. The Kier molecular flexibility index (Phi) is 4.13. The zero-order valence-electron chi connectivity index (χ0n) is 10.6. The Hall–Kier alpha value is -1.64. The van der Waals surface area contributed by atoms with Crippen molar-refractivity contribution < 1.29 is 14.3 Å². The quantitative estimate of drug-likeness (QED) is 0.592. The van der Waals surface area contributed by atoms with Crippen molar-refractivity contribution in [2.24, 2.45) is 11.8 Å². The van der Waals surface area contributed by atoms with Crippen LogP contribution >= 0.6 is 0 Å². The summed E-state index contributed by atoms with van der Waals surface area (Å²) in [6.07, 6.45) is 2.96. The first-order chi connectivity index (χ1) is 8.69. The van der Waals surface area contributed by atoms with Crippen molar-refractivity contribution in [2.45, 2.75) is 32.6 Å². The minimum Gasteiger partial charge on any atom is -0.393 e. The Morgan fingerprint density at radius 2 is 2.00 bits per heavy atom. The smallest absolute Gasteiger partial charge is 0.317 e. The first kappa shape index (κ1) is 12.8. The second-order valence-electron chi connectivity index (χ2n) is 4.89. The van der Waals surface area contributed by atoms with E-state index in [1.54, 1.807) is 0 Å². The minimum absolute atomic E-state index is 0.230. The molecule has 1 aromatic carbocycles. The third kappa shape index (κ3) is 3.19. The van der Waals surface area contributed by atoms with Crippen molar-refractivity contribution in [3.8, 4) is 0 Å². The van der Waals surface area contributed by atoms with Crippen molar-refractivity contribution in [3.05, 3.63) is 35.9 Å². The number of carbonyl (C=O) groups is 2. The fraction of sp³-hybridized carbons (Fsp3) is 0.467. The van der Waals surface area contributed by atoms with E-state index < -0.39 is 0 Å². The molecule has 0 saturated carbocycles. The van der Waals surface area contributed by atoms with Crippen LogP contribution in [0.1, 0.15) is 31.7 Å². The van der Waals surface area contributed by atoms with Gasteiger partial charge in [-0.3, -0.25) is 9.59 Å². The van der Waals surface area contributed by atoms with Crippen LogP contribution < -0.4 is 0 Å². The molecule has 18 heavy (non-hydrogen) atoms. The molecule has 1 aliphatic heterocycles. The van der Waals surface area contributed by atoms with Gasteiger partial charge in [0.1, 0.15) is 0 Å². The average molecular weight is 246 g/mol. The lowest BCUT2D eigenvalue weighted by Gasteiger charge is -2.16. The lowest BCUT2D eigenvalue weighted by Crippen LogP contribution is -2.14. The van der Waals surface area contributed by atoms with Gasteiger partial charge in [0.25, 0.3) is 0 Å². The number of carbonyl (C=O) groups excluding carboxylic acids is 2. The number of rotatable bonds is 5. The van der Waals surface area contributed by atoms with Gasteiger partial charge in [0.2, 0.25) is 0 Å². The fourth-order valence-corrected chi connectivity index (χ4v) is 2.45. The summed E-state index contributed by atoms with van der Waals surface area (Å²) in [6.45, 7) is 2.12. The Morgan fingerprint density at radius 3 is 2.56 bits per heavy atom. The fourth-order valence-electron chi connectivity index (χ4n) is 2.45. The van der Waals surface area contributed by atoms with Crippen LogP contribution in [0, 0.1) is 11.8 Å². The molecule has 1 aromatic rings. The number of esters is 2. The van der Waals surface area contributed by atoms with Crippen LogP contribution in [0.5, 0.6) is 0 Å². The van der Waals surface area contributed by atoms with E-state index in [2.05, 4.69) is 23.8 Å². The molecule has 0 spiro atoms. The summed E-state index contributed by atoms with van der Waals surface area (Å²) >= 11 is 0. The van der Waals surface area contributed by atoms with Gasteiger partial charge in [-0.1, -0.05) is 43.7 Å². The highest BCUT2D eigenvalue weighted by atomic mass is 16.6. The second kappa shape index (κ2) is 5.80. The van der Waals surface area contributed by atoms with Gasteiger partial charge >= 0.3 is 11.9 Å². The van der Waals surface area contributed by atoms with E-state index in [0.29, 0.717) is 5.92 Å². The Labute approximate surface area is 107 Å². The number of benzene rings is 1. The SMILES string of the molecule is CCC(Cc1ccccc1)CC1CC(=O)OC1=O. The van der Waals surface area contributed by atoms with Crippen LogP contribution in [0.15, 0.2) is 30.3 Å². The van der Waals surface area contributed by atoms with Gasteiger partial charge in [-0.15, -0.1) is 0 Å². The standard InChI is InChI=1S/C15H18O3/c1-2-11(8-12-6-4-3-5-7-12)9-13-10-14(16)18-15(13)17/h3-7,11,13H,2,8-10H2,1H3. The van der Waals surface area contributed by atoms with E-state index >= 15 is 0 Å². The molecule has 2 unspecified atom stereocenters. The highest BCUT2D eigenvalue weighted by Gasteiger charge is 2.34. The molecule has 0 N–H and O–H groups in total. The highest BCUT2D eigenvalue weighted by Crippen LogP contribution is 2.27. The summed E-state index contributed by atoms with van der Waals surface area (Å²) in [5.74, 6) is -0.520. The first-order valence-electron chi connectivity index (χ1n) is 6.47. The number of hydrogen-bond acceptors (Lipinski definition) is 3. The number of ether oxygens (including phenoxy) is 1. The Morgan fingerprint density at radius 1 is 1.28 bits per heavy atom. The molecule has 3 nitrogen and oxygen atoms in total. The zero-order valence-corrected chi connectivity index (χ0v) is 10.6. The van der Waals surface area contributed by atoms with E-state index in [1.165, 1.54) is 5.56 Å². The van der Waals surface area contributed by atoms with Crippen LogP contribution in [0.4, 0.5) is 0 Å². The normalized spacial score (nSPS) is 20.8. The summed E-state index contributed by atoms with van der Waals surface area (Å²) in [5, 5.41) is 0. The topological polar surface area (TPSA) is 43.4 Å². The summed E-state index contributed by atoms with van der Waals surface area (Å²) in [7, 11) is 0. The summed E-state index contributed by atoms with van der Waals surface area (Å²) in [5.41, 5.74) is 1.28. The Bertz CT molecular complexity index is 425. The van der Waals surface area contributed by atoms with Gasteiger partial charge in [-0.05, 0) is 24.3 Å². The van der Waals surface area contributed by atoms with Gasteiger partial charge in [0.15, 0.2) is 0 Å². The molecule has 1 heterocycles. The van der Waals surface area contributed by atoms with Crippen LogP contribution in [0.2, 0.25) is 0 Å². The molecule has 2 atom stereocenters. The van der Waals surface area contributed by atoms with Crippen molar-refractivity contribution in [2.75, 3.05) is 0 Å². The Balaban J connectivity index is 1.94. The van der Waals surface area contributed by atoms with Crippen molar-refractivity contribution in [1.82, 2.24) is 0 Å². The molecule has 96 valence electrons. The largest absolute Gasteiger partial charge is 0.393 e. The van der Waals surface area contributed by atoms with Crippen LogP contribution in [-0.4, -0.2) is 11.9 Å². The number of cyclic esters (lactones) is 2. The molecule has 0 aliphatic carbocycles. The maximum Gasteiger partial charge on any atom is 0.317 e. The molecule has 2 rings (SSSR count). The van der Waals surface area contributed by atoms with Crippen molar-refractivity contribution in [1.29, 1.82) is 0 Å². The third-order valence-corrected chi connectivity index (χ3v) is 3.52. The van der Waals surface area contributed by atoms with Gasteiger partial charge in [-0.2, -0.15) is 0 Å². The van der Waals surface area contributed by atoms with Gasteiger partial charge in [0.05, 0.1) is 12.3 Å². The monoisotopic (exact) mass is 246 g/mol. The van der Waals surface area contributed by atoms with Crippen LogP contribution in [0.25, 0.3) is 0 Å². The maximum absolute atomic E-state index is 11.4. The van der Waals surface area contributed by atoms with Crippen molar-refractivity contribution >= 4 is 11.9 Å². The average Bonchev–Trinajstić information content (AvgIpc) is 2.68. The van der Waals surface area contributed by atoms with E-state index in [0.717, 1.165) is 19.3 Å². The molecular formula is C15H18O3. The molecule has 0 radical (unpaired) electrons. The predicted molar refractivity (Wildman–Crippen MR) is 67.8 cm³/mol. The summed E-state index contributed by atoms with van der Waals surface area (Å²) < 4.78 is 4.59. The molecule has 3 heteroatoms. The van der Waals surface area contributed by atoms with Gasteiger partial charge in [0, 0.05) is 0 Å². The van der Waals surface area contributed by atoms with Crippen LogP contribution in [-0.2, 0) is 20.7 Å². The molecule has 1 aliphatic rings. The highest BCUT2D eigenvalue weighted by molar-refractivity contribution is 5.94. The molecule has 0 amide bonds. The minimum atomic E-state index is -0.375. The van der Waals surface area contributed by atoms with E-state index in [4.69, 9.17) is 0 Å². The lowest BCUT2D eigenvalue weighted by atomic mass is 9.87. The molecule has 0 bridgehead atoms. The maximum atomic E-state index is 11.4. The van der Waals surface area contributed by atoms with Crippen molar-refractivity contribution in [3.63, 3.8) is 0 Å². The van der Waals surface area contributed by atoms with E-state index in [9.17, 15) is 9.59 Å². The lowest BCUT2D eigenvalue weighted by molar-refractivity contribution is -0.153. The van der Waals surface area contributed by atoms with Gasteiger partial charge in [-0.25, -0.2) is 0 Å². The molecule has 1 fully saturated rings. The van der Waals surface area contributed by atoms with Gasteiger partial charge < -0.3 is 4.74 Å². The first-order valence-corrected chi connectivity index (χ1v) is 6.47. The van der Waals surface area contributed by atoms with E-state index in [-0.39, 0.29) is 24.3 Å². The molecular weight excluding hydrogens is 228 g/mol. The second-order valence-corrected chi connectivity index (χ2v) is 4.89. The summed E-state index contributed by atoms with van der Waals surface area (Å²) in [4.78, 5) is 22.5. The third-order valence-electron chi connectivity index (χ3n) is 3.52. The van der Waals surface area contributed by atoms with Crippen LogP contribution in [0.3, 0.4) is 0 Å². The van der Waals surface area contributed by atoms with E-state index in [1.807, 2.05) is 18.2 Å². The predicted octanol–water partition coefficient (Wildman–Crippen LogP) is 2.74. The summed E-state index contributed by atoms with van der Waals surface area (Å²) in [6, 6.07) is 10.2. The zero-order chi connectivity index (χ0) is 13.0. The number of hydrogen-bond donors (Lipinski definition) is 0.